The molecule has 0 N–H and O–H groups in total. The van der Waals surface area contributed by atoms with Gasteiger partial charge in [-0.15, -0.1) is 0 Å². The monoisotopic (exact) mass is 236 g/mol. The molecule has 0 aliphatic rings. The fraction of sp³-hybridized carbons (Fsp3) is 0.500. The fourth-order valence-electron chi connectivity index (χ4n) is 1.28. The van der Waals surface area contributed by atoms with Crippen LogP contribution in [0, 0.1) is 0 Å². The number of carbonyl (C=O) groups excluding carboxylic acids is 1. The molecule has 1 rings (SSSR count). The summed E-state index contributed by atoms with van der Waals surface area (Å²) in [6.07, 6.45) is 1.15. The molecule has 0 aromatic heterocycles. The summed E-state index contributed by atoms with van der Waals surface area (Å²) in [4.78, 5) is 21.8. The molecule has 0 radical (unpaired) electrons. The molecule has 0 aliphatic heterocycles. The zero-order valence-electron chi connectivity index (χ0n) is 10.7. The lowest BCUT2D eigenvalue weighted by atomic mass is 10.1. The van der Waals surface area contributed by atoms with Crippen LogP contribution in [0.2, 0.25) is 0 Å². The van der Waals surface area contributed by atoms with Crippen LogP contribution in [-0.2, 0) is 9.78 Å². The van der Waals surface area contributed by atoms with Crippen molar-refractivity contribution in [3.63, 3.8) is 0 Å². The average Bonchev–Trinajstić information content (AvgIpc) is 2.28. The molecule has 3 heteroatoms. The number of hydrogen-bond donors (Lipinski definition) is 0. The molecule has 1 aromatic carbocycles. The first kappa shape index (κ1) is 13.9. The van der Waals surface area contributed by atoms with Gasteiger partial charge in [-0.1, -0.05) is 30.3 Å². The standard InChI is InChI=1S/C14H20O3/c1-14(2,3)17-16-11-7-10-13(15)12-8-5-4-6-9-12/h4-6,8-9H,7,10-11H2,1-3H3. The maximum atomic E-state index is 11.7. The van der Waals surface area contributed by atoms with Gasteiger partial charge in [-0.05, 0) is 27.2 Å². The Balaban J connectivity index is 2.18. The predicted molar refractivity (Wildman–Crippen MR) is 66.8 cm³/mol. The van der Waals surface area contributed by atoms with E-state index < -0.39 is 0 Å². The molecular weight excluding hydrogens is 216 g/mol. The van der Waals surface area contributed by atoms with Gasteiger partial charge in [0.2, 0.25) is 0 Å². The van der Waals surface area contributed by atoms with Gasteiger partial charge in [0.15, 0.2) is 5.78 Å². The zero-order valence-corrected chi connectivity index (χ0v) is 10.7. The topological polar surface area (TPSA) is 35.5 Å². The minimum Gasteiger partial charge on any atom is -0.294 e. The van der Waals surface area contributed by atoms with E-state index in [1.54, 1.807) is 0 Å². The highest BCUT2D eigenvalue weighted by atomic mass is 17.2. The van der Waals surface area contributed by atoms with E-state index in [0.29, 0.717) is 19.4 Å². The third kappa shape index (κ3) is 6.19. The first-order valence-electron chi connectivity index (χ1n) is 5.88. The van der Waals surface area contributed by atoms with Crippen LogP contribution in [-0.4, -0.2) is 18.0 Å². The molecule has 1 aromatic rings. The summed E-state index contributed by atoms with van der Waals surface area (Å²) in [6, 6.07) is 9.29. The van der Waals surface area contributed by atoms with Crippen LogP contribution in [0.4, 0.5) is 0 Å². The molecule has 0 unspecified atom stereocenters. The highest BCUT2D eigenvalue weighted by Crippen LogP contribution is 2.09. The molecule has 0 aliphatic carbocycles. The molecule has 0 saturated heterocycles. The lowest BCUT2D eigenvalue weighted by Crippen LogP contribution is -2.19. The van der Waals surface area contributed by atoms with E-state index in [4.69, 9.17) is 9.78 Å². The molecule has 17 heavy (non-hydrogen) atoms. The van der Waals surface area contributed by atoms with E-state index in [0.717, 1.165) is 5.56 Å². The van der Waals surface area contributed by atoms with E-state index in [1.165, 1.54) is 0 Å². The number of ketones is 1. The van der Waals surface area contributed by atoms with E-state index in [9.17, 15) is 4.79 Å². The van der Waals surface area contributed by atoms with Crippen molar-refractivity contribution in [3.8, 4) is 0 Å². The fourth-order valence-corrected chi connectivity index (χ4v) is 1.28. The minimum atomic E-state index is -0.302. The number of carbonyl (C=O) groups is 1. The van der Waals surface area contributed by atoms with Crippen molar-refractivity contribution in [2.45, 2.75) is 39.2 Å². The normalized spacial score (nSPS) is 11.5. The van der Waals surface area contributed by atoms with E-state index >= 15 is 0 Å². The second-order valence-electron chi connectivity index (χ2n) is 4.91. The van der Waals surface area contributed by atoms with Gasteiger partial charge >= 0.3 is 0 Å². The Kier molecular flexibility index (Phi) is 5.32. The van der Waals surface area contributed by atoms with Gasteiger partial charge in [0.25, 0.3) is 0 Å². The van der Waals surface area contributed by atoms with Crippen LogP contribution in [0.3, 0.4) is 0 Å². The van der Waals surface area contributed by atoms with Crippen molar-refractivity contribution in [2.75, 3.05) is 6.61 Å². The smallest absolute Gasteiger partial charge is 0.162 e. The van der Waals surface area contributed by atoms with Crippen LogP contribution in [0.1, 0.15) is 44.0 Å². The zero-order chi connectivity index (χ0) is 12.7. The molecule has 0 heterocycles. The number of Topliss-reactive ketones (excluding diaryl/α,β-unsaturated/α-hetero) is 1. The van der Waals surface area contributed by atoms with Gasteiger partial charge in [0.05, 0.1) is 12.2 Å². The molecule has 0 amide bonds. The van der Waals surface area contributed by atoms with Gasteiger partial charge in [-0.2, -0.15) is 0 Å². The highest BCUT2D eigenvalue weighted by Gasteiger charge is 2.11. The Bertz CT molecular complexity index is 338. The van der Waals surface area contributed by atoms with Crippen molar-refractivity contribution in [1.29, 1.82) is 0 Å². The van der Waals surface area contributed by atoms with Crippen molar-refractivity contribution in [3.05, 3.63) is 35.9 Å². The number of hydrogen-bond acceptors (Lipinski definition) is 3. The average molecular weight is 236 g/mol. The van der Waals surface area contributed by atoms with E-state index in [-0.39, 0.29) is 11.4 Å². The summed E-state index contributed by atoms with van der Waals surface area (Å²) in [7, 11) is 0. The van der Waals surface area contributed by atoms with Crippen molar-refractivity contribution >= 4 is 5.78 Å². The van der Waals surface area contributed by atoms with Gasteiger partial charge in [0, 0.05) is 12.0 Å². The summed E-state index contributed by atoms with van der Waals surface area (Å²) >= 11 is 0. The lowest BCUT2D eigenvalue weighted by molar-refractivity contribution is -0.348. The molecule has 3 nitrogen and oxygen atoms in total. The van der Waals surface area contributed by atoms with Crippen LogP contribution in [0.15, 0.2) is 30.3 Å². The Labute approximate surface area is 103 Å². The second-order valence-corrected chi connectivity index (χ2v) is 4.91. The first-order chi connectivity index (χ1) is 7.99. The quantitative estimate of drug-likeness (QED) is 0.329. The lowest BCUT2D eigenvalue weighted by Gasteiger charge is -2.17. The first-order valence-corrected chi connectivity index (χ1v) is 5.88. The van der Waals surface area contributed by atoms with Gasteiger partial charge in [-0.25, -0.2) is 9.78 Å². The molecular formula is C14H20O3. The Morgan fingerprint density at radius 3 is 2.41 bits per heavy atom. The van der Waals surface area contributed by atoms with Crippen molar-refractivity contribution in [1.82, 2.24) is 0 Å². The molecule has 0 spiro atoms. The van der Waals surface area contributed by atoms with E-state index in [2.05, 4.69) is 0 Å². The maximum Gasteiger partial charge on any atom is 0.162 e. The van der Waals surface area contributed by atoms with E-state index in [1.807, 2.05) is 51.1 Å². The summed E-state index contributed by atoms with van der Waals surface area (Å²) in [5.74, 6) is 0.143. The minimum absolute atomic E-state index is 0.143. The van der Waals surface area contributed by atoms with Gasteiger partial charge in [0.1, 0.15) is 0 Å². The highest BCUT2D eigenvalue weighted by molar-refractivity contribution is 5.95. The summed E-state index contributed by atoms with van der Waals surface area (Å²) < 4.78 is 0. The van der Waals surface area contributed by atoms with Crippen LogP contribution >= 0.6 is 0 Å². The summed E-state index contributed by atoms with van der Waals surface area (Å²) in [6.45, 7) is 6.20. The molecule has 0 atom stereocenters. The van der Waals surface area contributed by atoms with Gasteiger partial charge < -0.3 is 0 Å². The number of rotatable bonds is 6. The van der Waals surface area contributed by atoms with Crippen molar-refractivity contribution in [2.24, 2.45) is 0 Å². The van der Waals surface area contributed by atoms with Gasteiger partial charge in [-0.3, -0.25) is 4.79 Å². The third-order valence-corrected chi connectivity index (χ3v) is 2.04. The summed E-state index contributed by atoms with van der Waals surface area (Å²) in [5.41, 5.74) is 0.452. The van der Waals surface area contributed by atoms with Crippen LogP contribution in [0.25, 0.3) is 0 Å². The Hall–Kier alpha value is -1.19. The van der Waals surface area contributed by atoms with Crippen molar-refractivity contribution < 1.29 is 14.6 Å². The van der Waals surface area contributed by atoms with Crippen LogP contribution in [0.5, 0.6) is 0 Å². The molecule has 0 fully saturated rings. The largest absolute Gasteiger partial charge is 0.294 e. The Morgan fingerprint density at radius 2 is 1.82 bits per heavy atom. The summed E-state index contributed by atoms with van der Waals surface area (Å²) in [5, 5.41) is 0. The van der Waals surface area contributed by atoms with Crippen LogP contribution < -0.4 is 0 Å². The molecule has 0 bridgehead atoms. The maximum absolute atomic E-state index is 11.7. The SMILES string of the molecule is CC(C)(C)OOCCCC(=O)c1ccccc1. The third-order valence-electron chi connectivity index (χ3n) is 2.04. The predicted octanol–water partition coefficient (Wildman–Crippen LogP) is 3.40. The number of benzene rings is 1. The molecule has 94 valence electrons. The molecule has 0 saturated carbocycles. The second kappa shape index (κ2) is 6.52. The Morgan fingerprint density at radius 1 is 1.18 bits per heavy atom.